The van der Waals surface area contributed by atoms with Crippen molar-refractivity contribution in [3.8, 4) is 0 Å². The minimum atomic E-state index is -0.675. The second-order valence-corrected chi connectivity index (χ2v) is 7.48. The first kappa shape index (κ1) is 21.0. The van der Waals surface area contributed by atoms with E-state index in [9.17, 15) is 14.0 Å². The monoisotopic (exact) mass is 388 g/mol. The van der Waals surface area contributed by atoms with Crippen LogP contribution in [0.5, 0.6) is 0 Å². The van der Waals surface area contributed by atoms with E-state index in [1.807, 2.05) is 31.2 Å². The molecule has 2 amide bonds. The summed E-state index contributed by atoms with van der Waals surface area (Å²) in [4.78, 5) is 27.4. The maximum Gasteiger partial charge on any atom is 0.242 e. The van der Waals surface area contributed by atoms with E-state index in [4.69, 9.17) is 0 Å². The zero-order valence-corrected chi connectivity index (χ0v) is 16.7. The number of thioether (sulfide) groups is 1. The first-order chi connectivity index (χ1) is 12.9. The topological polar surface area (TPSA) is 49.4 Å². The van der Waals surface area contributed by atoms with Gasteiger partial charge in [0.2, 0.25) is 11.8 Å². The molecule has 0 saturated carbocycles. The molecular weight excluding hydrogens is 363 g/mol. The van der Waals surface area contributed by atoms with Crippen molar-refractivity contribution in [3.63, 3.8) is 0 Å². The lowest BCUT2D eigenvalue weighted by Gasteiger charge is -2.28. The molecule has 144 valence electrons. The Morgan fingerprint density at radius 1 is 1.15 bits per heavy atom. The fourth-order valence-corrected chi connectivity index (χ4v) is 3.48. The molecular formula is C21H25FN2O2S. The summed E-state index contributed by atoms with van der Waals surface area (Å²) in [6.07, 6.45) is 0.272. The minimum absolute atomic E-state index is 0.0648. The molecule has 2 aromatic carbocycles. The predicted molar refractivity (Wildman–Crippen MR) is 107 cm³/mol. The standard InChI is InChI=1S/C21H25FN2O2S/c1-15-8-10-18(11-9-15)27-13-12-20(25)24(16(2)21(26)23-3)14-17-6-4-5-7-19(17)22/h4-11,16H,12-14H2,1-3H3,(H,23,26)/t16-/m0/s1. The van der Waals surface area contributed by atoms with Crippen LogP contribution in [0.2, 0.25) is 0 Å². The van der Waals surface area contributed by atoms with Crippen LogP contribution >= 0.6 is 11.8 Å². The van der Waals surface area contributed by atoms with Gasteiger partial charge in [-0.3, -0.25) is 9.59 Å². The Bertz CT molecular complexity index is 780. The molecule has 1 N–H and O–H groups in total. The summed E-state index contributed by atoms with van der Waals surface area (Å²) in [6.45, 7) is 3.75. The second-order valence-electron chi connectivity index (χ2n) is 6.31. The average molecular weight is 389 g/mol. The SMILES string of the molecule is CNC(=O)[C@H](C)N(Cc1ccccc1F)C(=O)CCSc1ccc(C)cc1. The van der Waals surface area contributed by atoms with Gasteiger partial charge in [0.1, 0.15) is 11.9 Å². The Balaban J connectivity index is 2.04. The zero-order chi connectivity index (χ0) is 19.8. The molecule has 2 rings (SSSR count). The van der Waals surface area contributed by atoms with Crippen molar-refractivity contribution in [2.45, 2.75) is 37.8 Å². The number of likely N-dealkylation sites (N-methyl/N-ethyl adjacent to an activating group) is 1. The molecule has 0 aliphatic rings. The second kappa shape index (κ2) is 10.1. The molecule has 27 heavy (non-hydrogen) atoms. The molecule has 6 heteroatoms. The lowest BCUT2D eigenvalue weighted by Crippen LogP contribution is -2.46. The summed E-state index contributed by atoms with van der Waals surface area (Å²) < 4.78 is 14.0. The highest BCUT2D eigenvalue weighted by atomic mass is 32.2. The van der Waals surface area contributed by atoms with E-state index in [-0.39, 0.29) is 30.6 Å². The van der Waals surface area contributed by atoms with Gasteiger partial charge in [-0.25, -0.2) is 4.39 Å². The Morgan fingerprint density at radius 2 is 1.81 bits per heavy atom. The number of nitrogens with one attached hydrogen (secondary N) is 1. The maximum absolute atomic E-state index is 14.0. The number of nitrogens with zero attached hydrogens (tertiary/aromatic N) is 1. The van der Waals surface area contributed by atoms with Crippen LogP contribution in [-0.2, 0) is 16.1 Å². The molecule has 0 saturated heterocycles. The quantitative estimate of drug-likeness (QED) is 0.700. The van der Waals surface area contributed by atoms with Crippen LogP contribution in [0.1, 0.15) is 24.5 Å². The highest BCUT2D eigenvalue weighted by Crippen LogP contribution is 2.20. The van der Waals surface area contributed by atoms with Crippen molar-refractivity contribution >= 4 is 23.6 Å². The number of aryl methyl sites for hydroxylation is 1. The normalized spacial score (nSPS) is 11.7. The summed E-state index contributed by atoms with van der Waals surface area (Å²) in [6, 6.07) is 13.7. The van der Waals surface area contributed by atoms with Gasteiger partial charge in [0.25, 0.3) is 0 Å². The van der Waals surface area contributed by atoms with Gasteiger partial charge in [-0.15, -0.1) is 11.8 Å². The van der Waals surface area contributed by atoms with Crippen molar-refractivity contribution in [2.24, 2.45) is 0 Å². The van der Waals surface area contributed by atoms with E-state index in [1.54, 1.807) is 36.9 Å². The number of hydrogen-bond donors (Lipinski definition) is 1. The molecule has 0 aliphatic heterocycles. The number of amides is 2. The lowest BCUT2D eigenvalue weighted by molar-refractivity contribution is -0.140. The largest absolute Gasteiger partial charge is 0.357 e. The lowest BCUT2D eigenvalue weighted by atomic mass is 10.1. The molecule has 2 aromatic rings. The van der Waals surface area contributed by atoms with Crippen LogP contribution in [0.15, 0.2) is 53.4 Å². The molecule has 0 aromatic heterocycles. The van der Waals surface area contributed by atoms with Crippen LogP contribution in [0.25, 0.3) is 0 Å². The summed E-state index contributed by atoms with van der Waals surface area (Å²) in [5, 5.41) is 2.56. The molecule has 0 spiro atoms. The van der Waals surface area contributed by atoms with Crippen molar-refractivity contribution in [2.75, 3.05) is 12.8 Å². The van der Waals surface area contributed by atoms with E-state index in [2.05, 4.69) is 5.32 Å². The van der Waals surface area contributed by atoms with E-state index in [1.165, 1.54) is 23.6 Å². The first-order valence-electron chi connectivity index (χ1n) is 8.86. The molecule has 4 nitrogen and oxygen atoms in total. The number of carbonyl (C=O) groups is 2. The van der Waals surface area contributed by atoms with Crippen LogP contribution in [0, 0.1) is 12.7 Å². The number of halogens is 1. The van der Waals surface area contributed by atoms with Crippen LogP contribution in [-0.4, -0.2) is 35.6 Å². The molecule has 0 heterocycles. The first-order valence-corrected chi connectivity index (χ1v) is 9.85. The van der Waals surface area contributed by atoms with Gasteiger partial charge in [0, 0.05) is 36.2 Å². The minimum Gasteiger partial charge on any atom is -0.357 e. The Hall–Kier alpha value is -2.34. The number of benzene rings is 2. The third-order valence-corrected chi connectivity index (χ3v) is 5.33. The van der Waals surface area contributed by atoms with Crippen LogP contribution < -0.4 is 5.32 Å². The third kappa shape index (κ3) is 6.10. The summed E-state index contributed by atoms with van der Waals surface area (Å²) in [5.74, 6) is -0.232. The van der Waals surface area contributed by atoms with E-state index >= 15 is 0 Å². The highest BCUT2D eigenvalue weighted by molar-refractivity contribution is 7.99. The van der Waals surface area contributed by atoms with Gasteiger partial charge in [0.15, 0.2) is 0 Å². The fourth-order valence-electron chi connectivity index (χ4n) is 2.64. The molecule has 0 aliphatic carbocycles. The summed E-state index contributed by atoms with van der Waals surface area (Å²) >= 11 is 1.59. The van der Waals surface area contributed by atoms with Gasteiger partial charge in [-0.05, 0) is 32.0 Å². The van der Waals surface area contributed by atoms with Gasteiger partial charge in [-0.2, -0.15) is 0 Å². The summed E-state index contributed by atoms with van der Waals surface area (Å²) in [7, 11) is 1.53. The van der Waals surface area contributed by atoms with E-state index < -0.39 is 6.04 Å². The zero-order valence-electron chi connectivity index (χ0n) is 15.9. The third-order valence-electron chi connectivity index (χ3n) is 4.32. The molecule has 0 unspecified atom stereocenters. The van der Waals surface area contributed by atoms with Crippen molar-refractivity contribution < 1.29 is 14.0 Å². The average Bonchev–Trinajstić information content (AvgIpc) is 2.67. The highest BCUT2D eigenvalue weighted by Gasteiger charge is 2.25. The van der Waals surface area contributed by atoms with E-state index in [0.29, 0.717) is 11.3 Å². The smallest absolute Gasteiger partial charge is 0.242 e. The van der Waals surface area contributed by atoms with Crippen molar-refractivity contribution in [1.82, 2.24) is 10.2 Å². The van der Waals surface area contributed by atoms with Gasteiger partial charge >= 0.3 is 0 Å². The van der Waals surface area contributed by atoms with Gasteiger partial charge < -0.3 is 10.2 Å². The molecule has 1 atom stereocenters. The Labute approximate surface area is 164 Å². The van der Waals surface area contributed by atoms with E-state index in [0.717, 1.165) is 4.90 Å². The van der Waals surface area contributed by atoms with Crippen LogP contribution in [0.4, 0.5) is 4.39 Å². The van der Waals surface area contributed by atoms with Gasteiger partial charge in [-0.1, -0.05) is 35.9 Å². The maximum atomic E-state index is 14.0. The van der Waals surface area contributed by atoms with Crippen molar-refractivity contribution in [3.05, 3.63) is 65.5 Å². The number of carbonyl (C=O) groups excluding carboxylic acids is 2. The molecule has 0 bridgehead atoms. The fraction of sp³-hybridized carbons (Fsp3) is 0.333. The molecule has 0 fully saturated rings. The number of hydrogen-bond acceptors (Lipinski definition) is 3. The Kier molecular flexibility index (Phi) is 7.85. The van der Waals surface area contributed by atoms with Gasteiger partial charge in [0.05, 0.1) is 0 Å². The summed E-state index contributed by atoms with van der Waals surface area (Å²) in [5.41, 5.74) is 1.58. The van der Waals surface area contributed by atoms with Crippen LogP contribution in [0.3, 0.4) is 0 Å². The predicted octanol–water partition coefficient (Wildman–Crippen LogP) is 3.78. The Morgan fingerprint density at radius 3 is 2.44 bits per heavy atom. The van der Waals surface area contributed by atoms with Crippen molar-refractivity contribution in [1.29, 1.82) is 0 Å². The molecule has 0 radical (unpaired) electrons. The number of rotatable bonds is 8.